The summed E-state index contributed by atoms with van der Waals surface area (Å²) in [7, 11) is 1.30. The Hall–Kier alpha value is -1.95. The lowest BCUT2D eigenvalue weighted by atomic mass is 10.1. The van der Waals surface area contributed by atoms with E-state index in [1.807, 2.05) is 25.1 Å². The standard InChI is InChI=1S/C14H14BrN3O2/c1-7-6-9(15)4-5-10(7)13-17-8(2)11(12(16)18-13)14(19)20-3/h4-6H,1-3H3,(H2,16,17,18). The van der Waals surface area contributed by atoms with Crippen LogP contribution in [0.2, 0.25) is 0 Å². The van der Waals surface area contributed by atoms with Gasteiger partial charge in [-0.2, -0.15) is 0 Å². The summed E-state index contributed by atoms with van der Waals surface area (Å²) in [6, 6.07) is 5.79. The summed E-state index contributed by atoms with van der Waals surface area (Å²) in [5.74, 6) is 0.0957. The summed E-state index contributed by atoms with van der Waals surface area (Å²) in [6.07, 6.45) is 0. The van der Waals surface area contributed by atoms with Gasteiger partial charge in [-0.3, -0.25) is 0 Å². The lowest BCUT2D eigenvalue weighted by Gasteiger charge is -2.10. The van der Waals surface area contributed by atoms with Crippen molar-refractivity contribution in [2.45, 2.75) is 13.8 Å². The molecule has 2 N–H and O–H groups in total. The van der Waals surface area contributed by atoms with Gasteiger partial charge in [0, 0.05) is 10.0 Å². The number of ether oxygens (including phenoxy) is 1. The van der Waals surface area contributed by atoms with Crippen LogP contribution in [0.4, 0.5) is 5.82 Å². The summed E-state index contributed by atoms with van der Waals surface area (Å²) in [5, 5.41) is 0. The first-order chi connectivity index (χ1) is 9.43. The van der Waals surface area contributed by atoms with Crippen LogP contribution in [0.3, 0.4) is 0 Å². The van der Waals surface area contributed by atoms with Gasteiger partial charge in [-0.05, 0) is 37.6 Å². The Morgan fingerprint density at radius 2 is 2.00 bits per heavy atom. The van der Waals surface area contributed by atoms with Crippen molar-refractivity contribution in [2.75, 3.05) is 12.8 Å². The number of nitrogens with two attached hydrogens (primary N) is 1. The zero-order valence-electron chi connectivity index (χ0n) is 11.4. The fourth-order valence-corrected chi connectivity index (χ4v) is 2.42. The first kappa shape index (κ1) is 14.5. The van der Waals surface area contributed by atoms with Gasteiger partial charge in [0.2, 0.25) is 0 Å². The van der Waals surface area contributed by atoms with Crippen LogP contribution in [-0.2, 0) is 4.74 Å². The summed E-state index contributed by atoms with van der Waals surface area (Å²) < 4.78 is 5.66. The van der Waals surface area contributed by atoms with Gasteiger partial charge in [0.25, 0.3) is 0 Å². The molecule has 20 heavy (non-hydrogen) atoms. The van der Waals surface area contributed by atoms with Crippen LogP contribution < -0.4 is 5.73 Å². The molecule has 1 heterocycles. The van der Waals surface area contributed by atoms with Crippen molar-refractivity contribution >= 4 is 27.7 Å². The molecule has 0 amide bonds. The second kappa shape index (κ2) is 5.58. The predicted octanol–water partition coefficient (Wildman–Crippen LogP) is 2.89. The predicted molar refractivity (Wildman–Crippen MR) is 80.4 cm³/mol. The van der Waals surface area contributed by atoms with Gasteiger partial charge in [0.1, 0.15) is 11.4 Å². The van der Waals surface area contributed by atoms with Gasteiger partial charge in [-0.1, -0.05) is 15.9 Å². The molecular weight excluding hydrogens is 322 g/mol. The molecule has 0 spiro atoms. The quantitative estimate of drug-likeness (QED) is 0.853. The maximum Gasteiger partial charge on any atom is 0.343 e. The second-order valence-electron chi connectivity index (χ2n) is 4.34. The highest BCUT2D eigenvalue weighted by atomic mass is 79.9. The number of halogens is 1. The van der Waals surface area contributed by atoms with Crippen LogP contribution in [0.25, 0.3) is 11.4 Å². The van der Waals surface area contributed by atoms with Crippen LogP contribution in [0.1, 0.15) is 21.6 Å². The number of carbonyl (C=O) groups excluding carboxylic acids is 1. The number of rotatable bonds is 2. The molecule has 0 aliphatic carbocycles. The minimum absolute atomic E-state index is 0.127. The van der Waals surface area contributed by atoms with Crippen molar-refractivity contribution in [3.8, 4) is 11.4 Å². The summed E-state index contributed by atoms with van der Waals surface area (Å²) in [6.45, 7) is 3.67. The summed E-state index contributed by atoms with van der Waals surface area (Å²) in [5.41, 5.74) is 8.46. The van der Waals surface area contributed by atoms with Crippen LogP contribution in [0.5, 0.6) is 0 Å². The molecule has 104 valence electrons. The van der Waals surface area contributed by atoms with E-state index in [1.54, 1.807) is 6.92 Å². The highest BCUT2D eigenvalue weighted by molar-refractivity contribution is 9.10. The Bertz CT molecular complexity index is 663. The van der Waals surface area contributed by atoms with Crippen molar-refractivity contribution in [1.29, 1.82) is 0 Å². The number of nitrogen functional groups attached to an aromatic ring is 1. The maximum absolute atomic E-state index is 11.6. The van der Waals surface area contributed by atoms with Crippen LogP contribution >= 0.6 is 15.9 Å². The number of hydrogen-bond acceptors (Lipinski definition) is 5. The van der Waals surface area contributed by atoms with Gasteiger partial charge in [0.15, 0.2) is 5.82 Å². The fourth-order valence-electron chi connectivity index (χ4n) is 1.95. The lowest BCUT2D eigenvalue weighted by Crippen LogP contribution is -2.12. The molecule has 0 fully saturated rings. The summed E-state index contributed by atoms with van der Waals surface area (Å²) in [4.78, 5) is 20.2. The molecule has 2 rings (SSSR count). The average Bonchev–Trinajstić information content (AvgIpc) is 2.37. The van der Waals surface area contributed by atoms with Gasteiger partial charge in [-0.15, -0.1) is 0 Å². The average molecular weight is 336 g/mol. The number of methoxy groups -OCH3 is 1. The zero-order chi connectivity index (χ0) is 14.9. The Balaban J connectivity index is 2.58. The number of anilines is 1. The van der Waals surface area contributed by atoms with Crippen molar-refractivity contribution in [2.24, 2.45) is 0 Å². The molecule has 0 aliphatic heterocycles. The highest BCUT2D eigenvalue weighted by Crippen LogP contribution is 2.26. The molecule has 1 aromatic heterocycles. The van der Waals surface area contributed by atoms with E-state index in [-0.39, 0.29) is 11.4 Å². The number of aromatic nitrogens is 2. The Labute approximate surface area is 125 Å². The maximum atomic E-state index is 11.6. The number of benzene rings is 1. The first-order valence-electron chi connectivity index (χ1n) is 5.93. The smallest absolute Gasteiger partial charge is 0.343 e. The molecule has 2 aromatic rings. The molecule has 0 saturated carbocycles. The third-order valence-corrected chi connectivity index (χ3v) is 3.43. The molecular formula is C14H14BrN3O2. The highest BCUT2D eigenvalue weighted by Gasteiger charge is 2.18. The van der Waals surface area contributed by atoms with Gasteiger partial charge in [0.05, 0.1) is 12.8 Å². The van der Waals surface area contributed by atoms with Gasteiger partial charge >= 0.3 is 5.97 Å². The molecule has 0 atom stereocenters. The molecule has 0 bridgehead atoms. The van der Waals surface area contributed by atoms with E-state index in [0.717, 1.165) is 15.6 Å². The summed E-state index contributed by atoms with van der Waals surface area (Å²) >= 11 is 3.41. The fraction of sp³-hybridized carbons (Fsp3) is 0.214. The molecule has 0 aliphatic rings. The van der Waals surface area contributed by atoms with Crippen molar-refractivity contribution in [1.82, 2.24) is 9.97 Å². The number of esters is 1. The molecule has 6 heteroatoms. The van der Waals surface area contributed by atoms with E-state index in [1.165, 1.54) is 7.11 Å². The zero-order valence-corrected chi connectivity index (χ0v) is 13.0. The van der Waals surface area contributed by atoms with Crippen LogP contribution in [-0.4, -0.2) is 23.0 Å². The van der Waals surface area contributed by atoms with Crippen molar-refractivity contribution in [3.63, 3.8) is 0 Å². The second-order valence-corrected chi connectivity index (χ2v) is 5.26. The normalized spacial score (nSPS) is 10.4. The largest absolute Gasteiger partial charge is 0.465 e. The molecule has 0 saturated heterocycles. The Kier molecular flexibility index (Phi) is 4.04. The first-order valence-corrected chi connectivity index (χ1v) is 6.72. The minimum atomic E-state index is -0.529. The Morgan fingerprint density at radius 3 is 2.55 bits per heavy atom. The van der Waals surface area contributed by atoms with Crippen molar-refractivity contribution < 1.29 is 9.53 Å². The SMILES string of the molecule is COC(=O)c1c(C)nc(-c2ccc(Br)cc2C)nc1N. The third-order valence-electron chi connectivity index (χ3n) is 2.94. The van der Waals surface area contributed by atoms with Crippen LogP contribution in [0.15, 0.2) is 22.7 Å². The van der Waals surface area contributed by atoms with E-state index in [2.05, 4.69) is 30.6 Å². The minimum Gasteiger partial charge on any atom is -0.465 e. The number of hydrogen-bond donors (Lipinski definition) is 1. The van der Waals surface area contributed by atoms with E-state index in [9.17, 15) is 4.79 Å². The third kappa shape index (κ3) is 2.65. The van der Waals surface area contributed by atoms with Gasteiger partial charge in [-0.25, -0.2) is 14.8 Å². The topological polar surface area (TPSA) is 78.1 Å². The van der Waals surface area contributed by atoms with Crippen molar-refractivity contribution in [3.05, 3.63) is 39.5 Å². The van der Waals surface area contributed by atoms with E-state index in [4.69, 9.17) is 5.73 Å². The number of carbonyl (C=O) groups is 1. The van der Waals surface area contributed by atoms with E-state index >= 15 is 0 Å². The molecule has 0 unspecified atom stereocenters. The lowest BCUT2D eigenvalue weighted by molar-refractivity contribution is 0.0600. The van der Waals surface area contributed by atoms with Crippen LogP contribution in [0, 0.1) is 13.8 Å². The monoisotopic (exact) mass is 335 g/mol. The molecule has 5 nitrogen and oxygen atoms in total. The van der Waals surface area contributed by atoms with E-state index in [0.29, 0.717) is 11.5 Å². The van der Waals surface area contributed by atoms with E-state index < -0.39 is 5.97 Å². The Morgan fingerprint density at radius 1 is 1.30 bits per heavy atom. The number of nitrogens with zero attached hydrogens (tertiary/aromatic N) is 2. The van der Waals surface area contributed by atoms with Gasteiger partial charge < -0.3 is 10.5 Å². The number of aryl methyl sites for hydroxylation is 2. The molecule has 1 aromatic carbocycles. The molecule has 0 radical (unpaired) electrons.